The number of carbonyl (C=O) groups is 4. The lowest BCUT2D eigenvalue weighted by Crippen LogP contribution is -2.74. The molecular weight excluding hydrogens is 609 g/mol. The molecule has 1 saturated heterocycles. The Morgan fingerprint density at radius 3 is 2.07 bits per heavy atom. The van der Waals surface area contributed by atoms with Crippen LogP contribution in [0.25, 0.3) is 0 Å². The predicted octanol–water partition coefficient (Wildman–Crippen LogP) is 5.52. The molecule has 1 N–H and O–H groups in total. The SMILES string of the molecule is CC(OC(=O)c1ccccc1)C1=CS[C@H]2C(NC(=O)Cc3cccs3)C(=O)N2C1C(=O)OC(c1ccccc1)c1ccccc1. The third-order valence-corrected chi connectivity index (χ3v) is 9.74. The fourth-order valence-corrected chi connectivity index (χ4v) is 7.43. The highest BCUT2D eigenvalue weighted by molar-refractivity contribution is 8.03. The van der Waals surface area contributed by atoms with Gasteiger partial charge in [-0.2, -0.15) is 0 Å². The lowest BCUT2D eigenvalue weighted by atomic mass is 9.94. The van der Waals surface area contributed by atoms with Gasteiger partial charge in [0.2, 0.25) is 11.8 Å². The first-order chi connectivity index (χ1) is 21.9. The number of β-lactam (4-membered cyclic amide) rings is 1. The monoisotopic (exact) mass is 638 g/mol. The minimum atomic E-state index is -1.16. The average molecular weight is 639 g/mol. The number of ether oxygens (including phenoxy) is 2. The van der Waals surface area contributed by atoms with Crippen molar-refractivity contribution in [1.82, 2.24) is 10.2 Å². The number of hydrogen-bond donors (Lipinski definition) is 1. The van der Waals surface area contributed by atoms with E-state index in [1.807, 2.05) is 78.2 Å². The maximum atomic E-state index is 14.2. The molecule has 4 aromatic rings. The normalized spacial score (nSPS) is 19.5. The van der Waals surface area contributed by atoms with Crippen molar-refractivity contribution in [3.05, 3.63) is 141 Å². The summed E-state index contributed by atoms with van der Waals surface area (Å²) in [4.78, 5) is 55.9. The molecule has 6 rings (SSSR count). The fourth-order valence-electron chi connectivity index (χ4n) is 5.41. The Bertz CT molecular complexity index is 1660. The number of rotatable bonds is 10. The minimum Gasteiger partial charge on any atom is -0.454 e. The second kappa shape index (κ2) is 13.5. The summed E-state index contributed by atoms with van der Waals surface area (Å²) in [5.41, 5.74) is 2.32. The number of amides is 2. The zero-order valence-electron chi connectivity index (χ0n) is 24.3. The van der Waals surface area contributed by atoms with Crippen LogP contribution in [0.2, 0.25) is 0 Å². The largest absolute Gasteiger partial charge is 0.454 e. The predicted molar refractivity (Wildman–Crippen MR) is 172 cm³/mol. The zero-order chi connectivity index (χ0) is 31.3. The summed E-state index contributed by atoms with van der Waals surface area (Å²) in [5.74, 6) is -1.90. The molecular formula is C35H30N2O6S2. The third kappa shape index (κ3) is 6.57. The third-order valence-electron chi connectivity index (χ3n) is 7.67. The van der Waals surface area contributed by atoms with E-state index >= 15 is 0 Å². The molecule has 2 aliphatic heterocycles. The van der Waals surface area contributed by atoms with Gasteiger partial charge in [0.1, 0.15) is 17.5 Å². The van der Waals surface area contributed by atoms with E-state index in [2.05, 4.69) is 5.32 Å². The molecule has 0 bridgehead atoms. The number of esters is 2. The first kappa shape index (κ1) is 30.4. The number of fused-ring (bicyclic) bond motifs is 1. The highest BCUT2D eigenvalue weighted by Crippen LogP contribution is 2.42. The molecule has 1 aromatic heterocycles. The summed E-state index contributed by atoms with van der Waals surface area (Å²) in [5, 5.41) is 5.95. The Balaban J connectivity index is 1.28. The maximum Gasteiger partial charge on any atom is 0.338 e. The van der Waals surface area contributed by atoms with Crippen LogP contribution in [-0.4, -0.2) is 52.2 Å². The summed E-state index contributed by atoms with van der Waals surface area (Å²) in [6, 6.07) is 29.0. The van der Waals surface area contributed by atoms with Crippen molar-refractivity contribution in [2.75, 3.05) is 0 Å². The summed E-state index contributed by atoms with van der Waals surface area (Å²) < 4.78 is 12.0. The summed E-state index contributed by atoms with van der Waals surface area (Å²) >= 11 is 2.77. The quantitative estimate of drug-likeness (QED) is 0.180. The van der Waals surface area contributed by atoms with E-state index in [0.717, 1.165) is 16.0 Å². The van der Waals surface area contributed by atoms with Gasteiger partial charge in [-0.3, -0.25) is 9.59 Å². The Morgan fingerprint density at radius 1 is 0.844 bits per heavy atom. The Morgan fingerprint density at radius 2 is 1.47 bits per heavy atom. The lowest BCUT2D eigenvalue weighted by molar-refractivity contribution is -0.166. The lowest BCUT2D eigenvalue weighted by Gasteiger charge is -2.52. The second-order valence-electron chi connectivity index (χ2n) is 10.6. The fraction of sp³-hybridized carbons (Fsp3) is 0.200. The number of thiophene rings is 1. The summed E-state index contributed by atoms with van der Waals surface area (Å²) in [6.45, 7) is 1.67. The van der Waals surface area contributed by atoms with E-state index in [9.17, 15) is 19.2 Å². The van der Waals surface area contributed by atoms with Crippen LogP contribution in [-0.2, 0) is 30.3 Å². The van der Waals surface area contributed by atoms with Crippen molar-refractivity contribution in [2.24, 2.45) is 0 Å². The van der Waals surface area contributed by atoms with Crippen LogP contribution >= 0.6 is 23.1 Å². The van der Waals surface area contributed by atoms with E-state index in [-0.39, 0.29) is 12.3 Å². The first-order valence-corrected chi connectivity index (χ1v) is 16.3. The number of hydrogen-bond acceptors (Lipinski definition) is 8. The van der Waals surface area contributed by atoms with Gasteiger partial charge in [-0.25, -0.2) is 9.59 Å². The van der Waals surface area contributed by atoms with Gasteiger partial charge in [-0.15, -0.1) is 23.1 Å². The Kier molecular flexibility index (Phi) is 9.13. The van der Waals surface area contributed by atoms with Crippen molar-refractivity contribution in [2.45, 2.75) is 43.0 Å². The van der Waals surface area contributed by atoms with Gasteiger partial charge in [0, 0.05) is 10.5 Å². The van der Waals surface area contributed by atoms with Crippen molar-refractivity contribution in [1.29, 1.82) is 0 Å². The number of carbonyl (C=O) groups excluding carboxylic acids is 4. The van der Waals surface area contributed by atoms with E-state index < -0.39 is 47.5 Å². The standard InChI is InChI=1S/C35H30N2O6S2/c1-22(42-34(40)25-16-9-4-10-17-25)27-21-45-33-29(36-28(38)20-26-18-11-19-44-26)32(39)37(33)30(27)35(41)43-31(23-12-5-2-6-13-23)24-14-7-3-8-15-24/h2-19,21-22,29-31,33H,20H2,1H3,(H,36,38)/t22?,29?,30?,33-/m0/s1. The van der Waals surface area contributed by atoms with Gasteiger partial charge in [-0.05, 0) is 47.0 Å². The molecule has 0 aliphatic carbocycles. The minimum absolute atomic E-state index is 0.160. The van der Waals surface area contributed by atoms with Crippen molar-refractivity contribution < 1.29 is 28.7 Å². The van der Waals surface area contributed by atoms with Crippen LogP contribution in [0.4, 0.5) is 0 Å². The van der Waals surface area contributed by atoms with E-state index in [4.69, 9.17) is 9.47 Å². The molecule has 2 aliphatic rings. The molecule has 0 saturated carbocycles. The van der Waals surface area contributed by atoms with Crippen LogP contribution in [0.5, 0.6) is 0 Å². The molecule has 3 aromatic carbocycles. The number of benzene rings is 3. The molecule has 1 fully saturated rings. The average Bonchev–Trinajstić information content (AvgIpc) is 3.59. The number of nitrogens with one attached hydrogen (secondary N) is 1. The van der Waals surface area contributed by atoms with Crippen LogP contribution in [0.3, 0.4) is 0 Å². The van der Waals surface area contributed by atoms with Gasteiger partial charge in [-0.1, -0.05) is 84.9 Å². The van der Waals surface area contributed by atoms with E-state index in [1.165, 1.54) is 28.0 Å². The van der Waals surface area contributed by atoms with Crippen LogP contribution in [0.15, 0.2) is 119 Å². The Hall–Kier alpha value is -4.67. The molecule has 0 spiro atoms. The van der Waals surface area contributed by atoms with Crippen LogP contribution in [0.1, 0.15) is 39.4 Å². The van der Waals surface area contributed by atoms with Crippen LogP contribution in [0, 0.1) is 0 Å². The Labute approximate surface area is 269 Å². The summed E-state index contributed by atoms with van der Waals surface area (Å²) in [6.07, 6.45) is -1.43. The van der Waals surface area contributed by atoms with Gasteiger partial charge in [0.15, 0.2) is 12.1 Å². The molecule has 45 heavy (non-hydrogen) atoms. The van der Waals surface area contributed by atoms with Crippen molar-refractivity contribution in [3.63, 3.8) is 0 Å². The molecule has 2 amide bonds. The van der Waals surface area contributed by atoms with Crippen molar-refractivity contribution >= 4 is 46.9 Å². The van der Waals surface area contributed by atoms with E-state index in [1.54, 1.807) is 42.7 Å². The number of thioether (sulfide) groups is 1. The molecule has 228 valence electrons. The molecule has 4 atom stereocenters. The zero-order valence-corrected chi connectivity index (χ0v) is 25.9. The van der Waals surface area contributed by atoms with Crippen molar-refractivity contribution in [3.8, 4) is 0 Å². The molecule has 3 heterocycles. The molecule has 0 radical (unpaired) electrons. The topological polar surface area (TPSA) is 102 Å². The molecule has 8 nitrogen and oxygen atoms in total. The summed E-state index contributed by atoms with van der Waals surface area (Å²) in [7, 11) is 0. The van der Waals surface area contributed by atoms with Gasteiger partial charge < -0.3 is 19.7 Å². The second-order valence-corrected chi connectivity index (χ2v) is 12.7. The smallest absolute Gasteiger partial charge is 0.338 e. The molecule has 10 heteroatoms. The highest BCUT2D eigenvalue weighted by atomic mass is 32.2. The maximum absolute atomic E-state index is 14.2. The van der Waals surface area contributed by atoms with Gasteiger partial charge in [0.25, 0.3) is 0 Å². The highest BCUT2D eigenvalue weighted by Gasteiger charge is 2.57. The van der Waals surface area contributed by atoms with Crippen LogP contribution < -0.4 is 5.32 Å². The van der Waals surface area contributed by atoms with E-state index in [0.29, 0.717) is 11.1 Å². The van der Waals surface area contributed by atoms with Gasteiger partial charge >= 0.3 is 11.9 Å². The molecule has 3 unspecified atom stereocenters. The number of nitrogens with zero attached hydrogens (tertiary/aromatic N) is 1. The first-order valence-electron chi connectivity index (χ1n) is 14.5. The van der Waals surface area contributed by atoms with Gasteiger partial charge in [0.05, 0.1) is 12.0 Å².